The van der Waals surface area contributed by atoms with Crippen LogP contribution >= 0.6 is 0 Å². The number of aromatic nitrogens is 1. The van der Waals surface area contributed by atoms with Gasteiger partial charge in [0, 0.05) is 75.3 Å². The van der Waals surface area contributed by atoms with Gasteiger partial charge in [0.2, 0.25) is 5.91 Å². The van der Waals surface area contributed by atoms with Crippen molar-refractivity contribution >= 4 is 64.8 Å². The molecule has 0 spiro atoms. The van der Waals surface area contributed by atoms with Crippen LogP contribution in [0.25, 0.3) is 0 Å². The first-order valence-corrected chi connectivity index (χ1v) is 31.3. The predicted octanol–water partition coefficient (Wildman–Crippen LogP) is 9.52. The van der Waals surface area contributed by atoms with Crippen molar-refractivity contribution in [3.63, 3.8) is 0 Å². The normalized spacial score (nSPS) is 17.8. The summed E-state index contributed by atoms with van der Waals surface area (Å²) in [5, 5.41) is 15.2. The number of rotatable bonds is 23. The molecule has 0 aliphatic carbocycles. The molecule has 0 radical (unpaired) electrons. The van der Waals surface area contributed by atoms with E-state index in [1.807, 2.05) is 93.4 Å². The number of carbonyl (C=O) groups is 8. The molecule has 6 heterocycles. The maximum atomic E-state index is 14.8. The number of ether oxygens (including phenoxy) is 4. The van der Waals surface area contributed by atoms with Crippen LogP contribution in [0.2, 0.25) is 0 Å². The van der Waals surface area contributed by atoms with Gasteiger partial charge < -0.3 is 39.2 Å². The third-order valence-electron chi connectivity index (χ3n) is 17.8. The Morgan fingerprint density at radius 3 is 1.99 bits per heavy atom. The summed E-state index contributed by atoms with van der Waals surface area (Å²) < 4.78 is 24.7. The van der Waals surface area contributed by atoms with Crippen molar-refractivity contribution in [1.29, 1.82) is 0 Å². The molecule has 1 unspecified atom stereocenters. The van der Waals surface area contributed by atoms with E-state index in [2.05, 4.69) is 17.4 Å². The molecule has 0 saturated carbocycles. The van der Waals surface area contributed by atoms with Crippen LogP contribution in [0.15, 0.2) is 126 Å². The van der Waals surface area contributed by atoms with Crippen LogP contribution in [0.1, 0.15) is 129 Å². The molecular weight excluding hydrogens is 1170 g/mol. The monoisotopic (exact) mass is 1250 g/mol. The van der Waals surface area contributed by atoms with E-state index < -0.39 is 36.2 Å². The van der Waals surface area contributed by atoms with Crippen molar-refractivity contribution in [1.82, 2.24) is 25.0 Å². The van der Waals surface area contributed by atoms with E-state index in [0.29, 0.717) is 71.7 Å². The Balaban J connectivity index is 0.736. The number of fused-ring (bicyclic) bond motifs is 6. The Morgan fingerprint density at radius 1 is 0.685 bits per heavy atom. The summed E-state index contributed by atoms with van der Waals surface area (Å²) in [7, 11) is 1.44. The van der Waals surface area contributed by atoms with Gasteiger partial charge >= 0.3 is 6.09 Å². The van der Waals surface area contributed by atoms with Gasteiger partial charge in [-0.05, 0) is 121 Å². The van der Waals surface area contributed by atoms with Gasteiger partial charge in [-0.25, -0.2) is 9.69 Å². The van der Waals surface area contributed by atoms with Gasteiger partial charge in [0.15, 0.2) is 23.5 Å². The Labute approximate surface area is 534 Å². The highest BCUT2D eigenvalue weighted by molar-refractivity contribution is 6.13. The van der Waals surface area contributed by atoms with E-state index in [4.69, 9.17) is 28.9 Å². The third-order valence-corrected chi connectivity index (χ3v) is 17.8. The minimum absolute atomic E-state index is 0.0143. The smallest absolute Gasteiger partial charge is 0.416 e. The summed E-state index contributed by atoms with van der Waals surface area (Å²) in [5.74, 6) is -1.82. The second-order valence-electron chi connectivity index (χ2n) is 24.7. The van der Waals surface area contributed by atoms with Gasteiger partial charge in [-0.3, -0.25) is 48.4 Å². The van der Waals surface area contributed by atoms with Gasteiger partial charge in [-0.2, -0.15) is 0 Å². The summed E-state index contributed by atoms with van der Waals surface area (Å²) in [5.41, 5.74) is 9.35. The topological polar surface area (TPSA) is 244 Å². The SMILES string of the molecule is COc1cc2c(cc1OCc1cc(C)cc(COc3cc4c(cc3C)C(=O)N3Cc5ccccc5C[C@H]3C=N4)n1)N(C(=O)OCc1ccc(CC(=O)[C@H](C)NC(=O)[C@@H](CC(=O)CCCCCN3C(=O)C=CC3=O)C(C)C)cc1)C(O)[C@@H]1Cc3ccccc3CN1C2=O. The Bertz CT molecular complexity index is 3940. The number of aliphatic hydroxyl groups excluding tert-OH is 1. The molecule has 20 nitrogen and oxygen atoms in total. The number of pyridine rings is 1. The Hall–Kier alpha value is -9.82. The average Bonchev–Trinajstić information content (AvgIpc) is 1.59. The van der Waals surface area contributed by atoms with E-state index in [1.165, 1.54) is 41.9 Å². The number of aliphatic imine (C=N–C) groups is 1. The number of methoxy groups -OCH3 is 1. The lowest BCUT2D eigenvalue weighted by atomic mass is 9.88. The fourth-order valence-electron chi connectivity index (χ4n) is 12.6. The van der Waals surface area contributed by atoms with Gasteiger partial charge in [-0.1, -0.05) is 93.1 Å². The molecule has 6 amide bonds. The molecule has 0 fully saturated rings. The molecule has 2 N–H and O–H groups in total. The van der Waals surface area contributed by atoms with E-state index in [1.54, 1.807) is 42.2 Å². The highest BCUT2D eigenvalue weighted by Gasteiger charge is 2.46. The molecule has 1 aromatic heterocycles. The second-order valence-corrected chi connectivity index (χ2v) is 24.7. The van der Waals surface area contributed by atoms with Crippen molar-refractivity contribution in [2.45, 2.75) is 143 Å². The van der Waals surface area contributed by atoms with E-state index in [9.17, 15) is 43.5 Å². The average molecular weight is 1250 g/mol. The van der Waals surface area contributed by atoms with Gasteiger partial charge in [0.1, 0.15) is 31.4 Å². The molecule has 92 heavy (non-hydrogen) atoms. The molecule has 5 aliphatic heterocycles. The number of nitrogens with zero attached hydrogens (tertiary/aromatic N) is 6. The van der Waals surface area contributed by atoms with Crippen molar-refractivity contribution in [2.24, 2.45) is 16.8 Å². The molecule has 476 valence electrons. The molecule has 6 aromatic rings. The first-order chi connectivity index (χ1) is 44.3. The molecule has 0 saturated heterocycles. The second kappa shape index (κ2) is 27.7. The lowest BCUT2D eigenvalue weighted by molar-refractivity contribution is -0.137. The van der Waals surface area contributed by atoms with Crippen LogP contribution < -0.4 is 24.4 Å². The van der Waals surface area contributed by atoms with Crippen molar-refractivity contribution in [3.05, 3.63) is 188 Å². The first-order valence-electron chi connectivity index (χ1n) is 31.3. The minimum atomic E-state index is -1.58. The van der Waals surface area contributed by atoms with Crippen molar-refractivity contribution in [2.75, 3.05) is 18.6 Å². The highest BCUT2D eigenvalue weighted by Crippen LogP contribution is 2.43. The van der Waals surface area contributed by atoms with E-state index >= 15 is 0 Å². The summed E-state index contributed by atoms with van der Waals surface area (Å²) in [4.78, 5) is 122. The van der Waals surface area contributed by atoms with E-state index in [0.717, 1.165) is 32.7 Å². The number of nitrogens with one attached hydrogen (secondary N) is 1. The van der Waals surface area contributed by atoms with Crippen molar-refractivity contribution in [3.8, 4) is 17.2 Å². The van der Waals surface area contributed by atoms with Crippen LogP contribution in [0.3, 0.4) is 0 Å². The zero-order chi connectivity index (χ0) is 64.9. The van der Waals surface area contributed by atoms with E-state index in [-0.39, 0.29) is 128 Å². The van der Waals surface area contributed by atoms with Gasteiger partial charge in [0.05, 0.1) is 59.1 Å². The molecule has 5 aromatic carbocycles. The fraction of sp³-hybridized carbons (Fsp3) is 0.361. The number of carbonyl (C=O) groups excluding carboxylic acids is 8. The number of anilines is 1. The van der Waals surface area contributed by atoms with Gasteiger partial charge in [0.25, 0.3) is 23.6 Å². The predicted molar refractivity (Wildman–Crippen MR) is 341 cm³/mol. The first kappa shape index (κ1) is 63.7. The molecular formula is C72H75N7O13. The molecule has 5 atom stereocenters. The highest BCUT2D eigenvalue weighted by atomic mass is 16.6. The standard InChI is InChI=1S/C72H75N7O13/c1-42(2)56(32-55(80)18-8-7-13-25-76-66(82)23-24-67(76)83)68(84)74-45(5)62(81)29-46-19-21-47(22-20-46)39-92-72(88)79-60-35-65(64(89-6)33-58(60)70(86)78-38-51-17-12-10-15-49(51)31-61(78)71(79)87)91-41-53-27-43(3)26-52(75-53)40-90-63-34-59-57(28-44(63)4)69(85)77-37-50-16-11-9-14-48(50)30-54(77)36-73-59/h9-12,14-17,19-24,26-28,33-36,42,45,54,56,61,71,87H,7-8,13,18,25,29-32,37-41H2,1-6H3,(H,74,84)/t45-,54-,56-,61-,71?/m0/s1. The lowest BCUT2D eigenvalue weighted by Crippen LogP contribution is -2.55. The molecule has 0 bridgehead atoms. The van der Waals surface area contributed by atoms with Crippen molar-refractivity contribution < 1.29 is 62.4 Å². The zero-order valence-corrected chi connectivity index (χ0v) is 52.5. The maximum absolute atomic E-state index is 14.8. The minimum Gasteiger partial charge on any atom is -0.493 e. The summed E-state index contributed by atoms with van der Waals surface area (Å²) >= 11 is 0. The van der Waals surface area contributed by atoms with Gasteiger partial charge in [-0.15, -0.1) is 0 Å². The number of Topliss-reactive ketones (excluding diaryl/α,β-unsaturated/α-hetero) is 2. The number of hydrogen-bond acceptors (Lipinski definition) is 15. The zero-order valence-electron chi connectivity index (χ0n) is 52.5. The summed E-state index contributed by atoms with van der Waals surface area (Å²) in [6.45, 7) is 9.89. The van der Waals surface area contributed by atoms with Crippen LogP contribution in [0.5, 0.6) is 17.2 Å². The quantitative estimate of drug-likeness (QED) is 0.0448. The number of benzene rings is 5. The number of unbranched alkanes of at least 4 members (excludes halogenated alkanes) is 2. The maximum Gasteiger partial charge on any atom is 0.416 e. The summed E-state index contributed by atoms with van der Waals surface area (Å²) in [6, 6.07) is 31.2. The molecule has 20 heteroatoms. The van der Waals surface area contributed by atoms with Crippen LogP contribution in [-0.2, 0) is 80.9 Å². The number of aliphatic hydroxyl groups is 1. The number of ketones is 2. The number of imide groups is 1. The molecule has 5 aliphatic rings. The van der Waals surface area contributed by atoms with Crippen LogP contribution in [0, 0.1) is 25.7 Å². The van der Waals surface area contributed by atoms with Crippen LogP contribution in [0.4, 0.5) is 16.2 Å². The Morgan fingerprint density at radius 2 is 1.32 bits per heavy atom. The number of amides is 6. The number of aryl methyl sites for hydroxylation is 2. The number of hydrogen-bond donors (Lipinski definition) is 2. The summed E-state index contributed by atoms with van der Waals surface area (Å²) in [6.07, 6.45) is 4.78. The Kier molecular flexibility index (Phi) is 19.2. The fourth-order valence-corrected chi connectivity index (χ4v) is 12.6. The molecule has 11 rings (SSSR count). The third kappa shape index (κ3) is 14.0. The van der Waals surface area contributed by atoms with Crippen LogP contribution in [-0.4, -0.2) is 116 Å². The lowest BCUT2D eigenvalue weighted by Gasteiger charge is -2.39. The largest absolute Gasteiger partial charge is 0.493 e.